The zero-order valence-corrected chi connectivity index (χ0v) is 20.8. The van der Waals surface area contributed by atoms with Crippen LogP contribution in [0.5, 0.6) is 0 Å². The Morgan fingerprint density at radius 1 is 1.19 bits per heavy atom. The van der Waals surface area contributed by atoms with E-state index in [0.29, 0.717) is 16.6 Å². The van der Waals surface area contributed by atoms with Crippen LogP contribution in [-0.2, 0) is 16.9 Å². The van der Waals surface area contributed by atoms with Crippen LogP contribution in [0.1, 0.15) is 51.4 Å². The van der Waals surface area contributed by atoms with Gasteiger partial charge in [0.05, 0.1) is 10.0 Å². The van der Waals surface area contributed by atoms with Crippen molar-refractivity contribution in [1.29, 1.82) is 0 Å². The SMILES string of the molecule is CC(C)(C)OC(=O)NCCCCCc1nnc2sc(SCc3ccc(Cl)c(Cl)c3)nn12. The molecule has 31 heavy (non-hydrogen) atoms. The Labute approximate surface area is 199 Å². The summed E-state index contributed by atoms with van der Waals surface area (Å²) in [5.74, 6) is 1.61. The number of carbonyl (C=O) groups excluding carboxylic acids is 1. The lowest BCUT2D eigenvalue weighted by Crippen LogP contribution is -2.32. The number of thioether (sulfide) groups is 1. The zero-order valence-electron chi connectivity index (χ0n) is 17.7. The summed E-state index contributed by atoms with van der Waals surface area (Å²) in [4.78, 5) is 12.4. The second kappa shape index (κ2) is 10.8. The van der Waals surface area contributed by atoms with Crippen molar-refractivity contribution >= 4 is 57.4 Å². The molecule has 0 unspecified atom stereocenters. The van der Waals surface area contributed by atoms with E-state index in [4.69, 9.17) is 27.9 Å². The number of unbranched alkanes of at least 4 members (excludes halogenated alkanes) is 2. The van der Waals surface area contributed by atoms with E-state index in [1.807, 2.05) is 37.4 Å². The summed E-state index contributed by atoms with van der Waals surface area (Å²) in [5.41, 5.74) is 0.612. The van der Waals surface area contributed by atoms with Gasteiger partial charge in [0.2, 0.25) is 4.96 Å². The topological polar surface area (TPSA) is 81.4 Å². The van der Waals surface area contributed by atoms with Crippen LogP contribution in [0.4, 0.5) is 4.79 Å². The summed E-state index contributed by atoms with van der Waals surface area (Å²) >= 11 is 15.2. The number of benzene rings is 1. The number of fused-ring (bicyclic) bond motifs is 1. The van der Waals surface area contributed by atoms with Crippen molar-refractivity contribution in [1.82, 2.24) is 25.1 Å². The fourth-order valence-corrected chi connectivity index (χ4v) is 4.88. The Bertz CT molecular complexity index is 1030. The van der Waals surface area contributed by atoms with Gasteiger partial charge in [0, 0.05) is 18.7 Å². The largest absolute Gasteiger partial charge is 0.444 e. The molecule has 0 aliphatic heterocycles. The smallest absolute Gasteiger partial charge is 0.407 e. The number of nitrogens with zero attached hydrogens (tertiary/aromatic N) is 4. The van der Waals surface area contributed by atoms with Crippen molar-refractivity contribution in [3.8, 4) is 0 Å². The molecule has 11 heteroatoms. The highest BCUT2D eigenvalue weighted by Gasteiger charge is 2.15. The van der Waals surface area contributed by atoms with Gasteiger partial charge >= 0.3 is 6.09 Å². The van der Waals surface area contributed by atoms with E-state index in [1.165, 1.54) is 11.3 Å². The van der Waals surface area contributed by atoms with Crippen LogP contribution in [0.2, 0.25) is 10.0 Å². The number of aromatic nitrogens is 4. The van der Waals surface area contributed by atoms with Crippen molar-refractivity contribution < 1.29 is 9.53 Å². The van der Waals surface area contributed by atoms with E-state index in [1.54, 1.807) is 17.8 Å². The summed E-state index contributed by atoms with van der Waals surface area (Å²) in [6, 6.07) is 5.64. The van der Waals surface area contributed by atoms with Crippen molar-refractivity contribution in [2.75, 3.05) is 6.54 Å². The van der Waals surface area contributed by atoms with Gasteiger partial charge in [-0.25, -0.2) is 4.79 Å². The van der Waals surface area contributed by atoms with Gasteiger partial charge in [0.15, 0.2) is 10.2 Å². The predicted molar refractivity (Wildman–Crippen MR) is 126 cm³/mol. The highest BCUT2D eigenvalue weighted by molar-refractivity contribution is 8.00. The van der Waals surface area contributed by atoms with Crippen LogP contribution in [0.3, 0.4) is 0 Å². The molecule has 0 aliphatic rings. The van der Waals surface area contributed by atoms with Crippen LogP contribution in [0.15, 0.2) is 22.5 Å². The van der Waals surface area contributed by atoms with Gasteiger partial charge in [0.1, 0.15) is 5.60 Å². The number of rotatable bonds is 9. The molecule has 0 bridgehead atoms. The lowest BCUT2D eigenvalue weighted by atomic mass is 10.2. The molecule has 2 aromatic heterocycles. The maximum absolute atomic E-state index is 11.6. The van der Waals surface area contributed by atoms with E-state index >= 15 is 0 Å². The Morgan fingerprint density at radius 3 is 2.74 bits per heavy atom. The molecule has 0 atom stereocenters. The highest BCUT2D eigenvalue weighted by Crippen LogP contribution is 2.30. The van der Waals surface area contributed by atoms with Gasteiger partial charge in [-0.3, -0.25) is 0 Å². The second-order valence-electron chi connectivity index (χ2n) is 7.96. The average Bonchev–Trinajstić information content (AvgIpc) is 3.25. The molecule has 7 nitrogen and oxygen atoms in total. The minimum Gasteiger partial charge on any atom is -0.444 e. The van der Waals surface area contributed by atoms with Gasteiger partial charge in [-0.15, -0.1) is 15.3 Å². The first-order chi connectivity index (χ1) is 14.7. The van der Waals surface area contributed by atoms with Crippen LogP contribution in [-0.4, -0.2) is 38.1 Å². The van der Waals surface area contributed by atoms with Gasteiger partial charge in [-0.05, 0) is 51.3 Å². The summed E-state index contributed by atoms with van der Waals surface area (Å²) in [6.45, 7) is 6.14. The number of hydrogen-bond donors (Lipinski definition) is 1. The average molecular weight is 502 g/mol. The monoisotopic (exact) mass is 501 g/mol. The van der Waals surface area contributed by atoms with E-state index in [-0.39, 0.29) is 6.09 Å². The van der Waals surface area contributed by atoms with E-state index in [9.17, 15) is 4.79 Å². The fourth-order valence-electron chi connectivity index (χ4n) is 2.72. The third-order valence-electron chi connectivity index (χ3n) is 4.13. The third-order valence-corrected chi connectivity index (χ3v) is 6.97. The molecule has 168 valence electrons. The molecule has 0 saturated heterocycles. The summed E-state index contributed by atoms with van der Waals surface area (Å²) < 4.78 is 7.97. The van der Waals surface area contributed by atoms with Crippen LogP contribution in [0, 0.1) is 0 Å². The molecule has 0 saturated carbocycles. The normalized spacial score (nSPS) is 11.8. The van der Waals surface area contributed by atoms with Crippen molar-refractivity contribution in [2.24, 2.45) is 0 Å². The standard InChI is InChI=1S/C20H25Cl2N5O2S2/c1-20(2,3)29-18(28)23-10-6-4-5-7-16-24-25-17-27(16)26-19(31-17)30-12-13-8-9-14(21)15(22)11-13/h8-9,11H,4-7,10,12H2,1-3H3,(H,23,28). The van der Waals surface area contributed by atoms with Crippen LogP contribution < -0.4 is 5.32 Å². The second-order valence-corrected chi connectivity index (χ2v) is 10.9. The lowest BCUT2D eigenvalue weighted by Gasteiger charge is -2.19. The van der Waals surface area contributed by atoms with Crippen LogP contribution >= 0.6 is 46.3 Å². The Balaban J connectivity index is 1.42. The molecular formula is C20H25Cl2N5O2S2. The predicted octanol–water partition coefficient (Wildman–Crippen LogP) is 6.02. The maximum Gasteiger partial charge on any atom is 0.407 e. The minimum atomic E-state index is -0.477. The van der Waals surface area contributed by atoms with Gasteiger partial charge in [-0.2, -0.15) is 4.52 Å². The summed E-state index contributed by atoms with van der Waals surface area (Å²) in [5, 5.41) is 17.0. The molecule has 3 rings (SSSR count). The number of nitrogens with one attached hydrogen (secondary N) is 1. The maximum atomic E-state index is 11.6. The number of carbonyl (C=O) groups is 1. The first kappa shape index (κ1) is 24.1. The van der Waals surface area contributed by atoms with E-state index in [2.05, 4.69) is 20.6 Å². The lowest BCUT2D eigenvalue weighted by molar-refractivity contribution is 0.0527. The Kier molecular flexibility index (Phi) is 8.43. The molecule has 0 radical (unpaired) electrons. The number of ether oxygens (including phenoxy) is 1. The van der Waals surface area contributed by atoms with Gasteiger partial charge in [-0.1, -0.05) is 58.8 Å². The molecule has 1 aromatic carbocycles. The molecule has 0 fully saturated rings. The first-order valence-electron chi connectivity index (χ1n) is 9.96. The number of hydrogen-bond acceptors (Lipinski definition) is 7. The quantitative estimate of drug-likeness (QED) is 0.285. The van der Waals surface area contributed by atoms with Crippen molar-refractivity contribution in [3.05, 3.63) is 39.6 Å². The zero-order chi connectivity index (χ0) is 22.4. The molecule has 0 spiro atoms. The number of halogens is 2. The van der Waals surface area contributed by atoms with Gasteiger partial charge < -0.3 is 10.1 Å². The van der Waals surface area contributed by atoms with Crippen molar-refractivity contribution in [3.63, 3.8) is 0 Å². The summed E-state index contributed by atoms with van der Waals surface area (Å²) in [6.07, 6.45) is 3.20. The number of alkyl carbamates (subject to hydrolysis) is 1. The molecule has 1 amide bonds. The Hall–Kier alpha value is -1.55. The minimum absolute atomic E-state index is 0.375. The molecule has 3 aromatic rings. The number of amides is 1. The van der Waals surface area contributed by atoms with E-state index in [0.717, 1.165) is 52.1 Å². The number of aryl methyl sites for hydroxylation is 1. The molecule has 1 N–H and O–H groups in total. The third kappa shape index (κ3) is 7.52. The molecule has 0 aliphatic carbocycles. The Morgan fingerprint density at radius 2 is 2.00 bits per heavy atom. The van der Waals surface area contributed by atoms with Gasteiger partial charge in [0.25, 0.3) is 0 Å². The molecule has 2 heterocycles. The van der Waals surface area contributed by atoms with Crippen LogP contribution in [0.25, 0.3) is 4.96 Å². The van der Waals surface area contributed by atoms with Crippen molar-refractivity contribution in [2.45, 2.75) is 62.1 Å². The summed E-state index contributed by atoms with van der Waals surface area (Å²) in [7, 11) is 0. The first-order valence-corrected chi connectivity index (χ1v) is 12.5. The molecular weight excluding hydrogens is 477 g/mol. The van der Waals surface area contributed by atoms with E-state index < -0.39 is 5.60 Å². The highest BCUT2D eigenvalue weighted by atomic mass is 35.5. The fraction of sp³-hybridized carbons (Fsp3) is 0.500.